The number of nitrogens with one attached hydrogen (secondary N) is 2. The van der Waals surface area contributed by atoms with E-state index in [1.165, 1.54) is 18.4 Å². The molecule has 0 bridgehead atoms. The molecule has 29 heavy (non-hydrogen) atoms. The monoisotopic (exact) mass is 402 g/mol. The molecule has 1 saturated carbocycles. The Morgan fingerprint density at radius 3 is 2.62 bits per heavy atom. The van der Waals surface area contributed by atoms with Crippen LogP contribution in [-0.2, 0) is 11.3 Å². The Morgan fingerprint density at radius 2 is 1.93 bits per heavy atom. The van der Waals surface area contributed by atoms with Crippen molar-refractivity contribution < 1.29 is 9.47 Å². The number of rotatable bonds is 10. The van der Waals surface area contributed by atoms with Crippen molar-refractivity contribution in [3.8, 4) is 5.75 Å². The Balaban J connectivity index is 1.39. The summed E-state index contributed by atoms with van der Waals surface area (Å²) in [6.07, 6.45) is 5.18. The van der Waals surface area contributed by atoms with E-state index in [-0.39, 0.29) is 0 Å². The Morgan fingerprint density at radius 1 is 1.17 bits per heavy atom. The number of hydrogen-bond acceptors (Lipinski definition) is 4. The first-order chi connectivity index (χ1) is 14.1. The molecule has 2 fully saturated rings. The number of likely N-dealkylation sites (tertiary alicyclic amines) is 1. The van der Waals surface area contributed by atoms with Gasteiger partial charge in [0, 0.05) is 44.8 Å². The quantitative estimate of drug-likeness (QED) is 0.465. The van der Waals surface area contributed by atoms with Crippen molar-refractivity contribution in [3.63, 3.8) is 0 Å². The fraction of sp³-hybridized carbons (Fsp3) is 0.696. The van der Waals surface area contributed by atoms with Crippen LogP contribution >= 0.6 is 0 Å². The molecule has 3 rings (SSSR count). The maximum atomic E-state index is 6.02. The fourth-order valence-electron chi connectivity index (χ4n) is 3.57. The molecule has 0 radical (unpaired) electrons. The average molecular weight is 403 g/mol. The maximum absolute atomic E-state index is 6.02. The average Bonchev–Trinajstić information content (AvgIpc) is 3.55. The Labute approximate surface area is 176 Å². The zero-order chi connectivity index (χ0) is 20.5. The highest BCUT2D eigenvalue weighted by atomic mass is 16.5. The van der Waals surface area contributed by atoms with Crippen LogP contribution in [-0.4, -0.2) is 62.9 Å². The lowest BCUT2D eigenvalue weighted by molar-refractivity contribution is 0.0532. The lowest BCUT2D eigenvalue weighted by Crippen LogP contribution is -2.49. The predicted molar refractivity (Wildman–Crippen MR) is 119 cm³/mol. The molecule has 1 aromatic carbocycles. The standard InChI is InChI=1S/C23H38N4O2/c1-18(2)28-15-14-27-12-10-21(11-13-27)26-23(24-3)25-16-20-6-4-5-7-22(20)29-17-19-8-9-19/h4-7,18-19,21H,8-17H2,1-3H3,(H2,24,25,26). The zero-order valence-electron chi connectivity index (χ0n) is 18.3. The van der Waals surface area contributed by atoms with Crippen LogP contribution in [0.2, 0.25) is 0 Å². The predicted octanol–water partition coefficient (Wildman–Crippen LogP) is 3.03. The van der Waals surface area contributed by atoms with E-state index >= 15 is 0 Å². The van der Waals surface area contributed by atoms with Crippen LogP contribution in [0.3, 0.4) is 0 Å². The van der Waals surface area contributed by atoms with Gasteiger partial charge in [-0.15, -0.1) is 0 Å². The van der Waals surface area contributed by atoms with Gasteiger partial charge in [-0.05, 0) is 51.5 Å². The third kappa shape index (κ3) is 7.86. The Bertz CT molecular complexity index is 638. The van der Waals surface area contributed by atoms with Crippen LogP contribution in [0, 0.1) is 5.92 Å². The summed E-state index contributed by atoms with van der Waals surface area (Å²) in [6, 6.07) is 8.76. The lowest BCUT2D eigenvalue weighted by atomic mass is 10.1. The van der Waals surface area contributed by atoms with E-state index in [2.05, 4.69) is 52.6 Å². The summed E-state index contributed by atoms with van der Waals surface area (Å²) in [5, 5.41) is 7.05. The lowest BCUT2D eigenvalue weighted by Gasteiger charge is -2.33. The zero-order valence-corrected chi connectivity index (χ0v) is 18.3. The number of guanidine groups is 1. The van der Waals surface area contributed by atoms with Gasteiger partial charge >= 0.3 is 0 Å². The highest BCUT2D eigenvalue weighted by Crippen LogP contribution is 2.30. The molecule has 2 aliphatic rings. The van der Waals surface area contributed by atoms with Crippen molar-refractivity contribution >= 4 is 5.96 Å². The number of piperidine rings is 1. The number of benzene rings is 1. The summed E-state index contributed by atoms with van der Waals surface area (Å²) in [4.78, 5) is 6.91. The van der Waals surface area contributed by atoms with Gasteiger partial charge < -0.3 is 25.0 Å². The first kappa shape index (κ1) is 21.9. The van der Waals surface area contributed by atoms with Gasteiger partial charge in [-0.1, -0.05) is 18.2 Å². The molecule has 1 aliphatic carbocycles. The van der Waals surface area contributed by atoms with E-state index in [9.17, 15) is 0 Å². The molecule has 162 valence electrons. The molecule has 1 saturated heterocycles. The molecule has 0 amide bonds. The molecule has 6 nitrogen and oxygen atoms in total. The minimum Gasteiger partial charge on any atom is -0.493 e. The van der Waals surface area contributed by atoms with Crippen LogP contribution in [0.5, 0.6) is 5.75 Å². The van der Waals surface area contributed by atoms with Gasteiger partial charge in [0.15, 0.2) is 5.96 Å². The van der Waals surface area contributed by atoms with Crippen molar-refractivity contribution in [2.75, 3.05) is 39.9 Å². The molecule has 1 aromatic rings. The van der Waals surface area contributed by atoms with Crippen LogP contribution in [0.1, 0.15) is 45.1 Å². The van der Waals surface area contributed by atoms with E-state index in [0.29, 0.717) is 18.7 Å². The second-order valence-corrected chi connectivity index (χ2v) is 8.47. The van der Waals surface area contributed by atoms with Crippen LogP contribution in [0.25, 0.3) is 0 Å². The molecule has 1 heterocycles. The van der Waals surface area contributed by atoms with Crippen LogP contribution in [0.4, 0.5) is 0 Å². The first-order valence-corrected chi connectivity index (χ1v) is 11.2. The largest absolute Gasteiger partial charge is 0.493 e. The van der Waals surface area contributed by atoms with E-state index < -0.39 is 0 Å². The van der Waals surface area contributed by atoms with Crippen molar-refractivity contribution in [1.82, 2.24) is 15.5 Å². The number of hydrogen-bond donors (Lipinski definition) is 2. The van der Waals surface area contributed by atoms with Gasteiger partial charge in [0.25, 0.3) is 0 Å². The third-order valence-corrected chi connectivity index (χ3v) is 5.60. The van der Waals surface area contributed by atoms with E-state index in [1.54, 1.807) is 0 Å². The highest BCUT2D eigenvalue weighted by Gasteiger charge is 2.22. The van der Waals surface area contributed by atoms with Gasteiger partial charge in [-0.2, -0.15) is 0 Å². The minimum absolute atomic E-state index is 0.313. The van der Waals surface area contributed by atoms with E-state index in [0.717, 1.165) is 63.3 Å². The summed E-state index contributed by atoms with van der Waals surface area (Å²) in [6.45, 7) is 9.79. The molecule has 0 unspecified atom stereocenters. The molecule has 1 aliphatic heterocycles. The van der Waals surface area contributed by atoms with Gasteiger partial charge in [0.2, 0.25) is 0 Å². The third-order valence-electron chi connectivity index (χ3n) is 5.60. The second kappa shape index (κ2) is 11.4. The molecule has 0 spiro atoms. The van der Waals surface area contributed by atoms with E-state index in [4.69, 9.17) is 9.47 Å². The fourth-order valence-corrected chi connectivity index (χ4v) is 3.57. The van der Waals surface area contributed by atoms with Gasteiger partial charge in [0.05, 0.1) is 19.3 Å². The number of aliphatic imine (C=N–C) groups is 1. The Hall–Kier alpha value is -1.79. The van der Waals surface area contributed by atoms with Gasteiger partial charge in [0.1, 0.15) is 5.75 Å². The molecular weight excluding hydrogens is 364 g/mol. The molecule has 0 aromatic heterocycles. The second-order valence-electron chi connectivity index (χ2n) is 8.47. The molecule has 0 atom stereocenters. The summed E-state index contributed by atoms with van der Waals surface area (Å²) in [5.74, 6) is 2.61. The smallest absolute Gasteiger partial charge is 0.191 e. The number of para-hydroxylation sites is 1. The van der Waals surface area contributed by atoms with Crippen molar-refractivity contribution in [2.24, 2.45) is 10.9 Å². The van der Waals surface area contributed by atoms with Crippen molar-refractivity contribution in [1.29, 1.82) is 0 Å². The normalized spacial score (nSPS) is 18.8. The Kier molecular flexibility index (Phi) is 8.62. The minimum atomic E-state index is 0.313. The SMILES string of the molecule is CN=C(NCc1ccccc1OCC1CC1)NC1CCN(CCOC(C)C)CC1. The van der Waals surface area contributed by atoms with Crippen molar-refractivity contribution in [2.45, 2.75) is 58.2 Å². The summed E-state index contributed by atoms with van der Waals surface area (Å²) >= 11 is 0. The molecule has 2 N–H and O–H groups in total. The number of nitrogens with zero attached hydrogens (tertiary/aromatic N) is 2. The highest BCUT2D eigenvalue weighted by molar-refractivity contribution is 5.80. The van der Waals surface area contributed by atoms with Crippen LogP contribution < -0.4 is 15.4 Å². The topological polar surface area (TPSA) is 58.1 Å². The summed E-state index contributed by atoms with van der Waals surface area (Å²) < 4.78 is 11.7. The van der Waals surface area contributed by atoms with Crippen LogP contribution in [0.15, 0.2) is 29.3 Å². The summed E-state index contributed by atoms with van der Waals surface area (Å²) in [5.41, 5.74) is 1.18. The van der Waals surface area contributed by atoms with Gasteiger partial charge in [-0.3, -0.25) is 4.99 Å². The van der Waals surface area contributed by atoms with E-state index in [1.807, 2.05) is 13.1 Å². The summed E-state index contributed by atoms with van der Waals surface area (Å²) in [7, 11) is 1.84. The maximum Gasteiger partial charge on any atom is 0.191 e. The molecule has 6 heteroatoms. The van der Waals surface area contributed by atoms with Gasteiger partial charge in [-0.25, -0.2) is 0 Å². The van der Waals surface area contributed by atoms with Crippen molar-refractivity contribution in [3.05, 3.63) is 29.8 Å². The molecular formula is C23H38N4O2. The number of ether oxygens (including phenoxy) is 2. The first-order valence-electron chi connectivity index (χ1n) is 11.2.